The van der Waals surface area contributed by atoms with Crippen molar-refractivity contribution < 1.29 is 13.2 Å². The van der Waals surface area contributed by atoms with Gasteiger partial charge in [0.2, 0.25) is 15.9 Å². The fourth-order valence-electron chi connectivity index (χ4n) is 2.57. The molecular weight excluding hydrogens is 290 g/mol. The molecule has 2 rings (SSSR count). The summed E-state index contributed by atoms with van der Waals surface area (Å²) in [6, 6.07) is 6.29. The average Bonchev–Trinajstić information content (AvgIpc) is 2.47. The Hall–Kier alpha value is -1.44. The lowest BCUT2D eigenvalue weighted by atomic mass is 9.85. The van der Waals surface area contributed by atoms with E-state index in [1.165, 1.54) is 19.2 Å². The highest BCUT2D eigenvalue weighted by atomic mass is 32.2. The van der Waals surface area contributed by atoms with Gasteiger partial charge in [0.25, 0.3) is 0 Å². The summed E-state index contributed by atoms with van der Waals surface area (Å²) in [7, 11) is -2.16. The van der Waals surface area contributed by atoms with E-state index in [0.717, 1.165) is 19.3 Å². The molecule has 0 radical (unpaired) electrons. The Balaban J connectivity index is 2.09. The second-order valence-electron chi connectivity index (χ2n) is 5.35. The fraction of sp³-hybridized carbons (Fsp3) is 0.500. The molecule has 21 heavy (non-hydrogen) atoms. The summed E-state index contributed by atoms with van der Waals surface area (Å²) >= 11 is 0. The summed E-state index contributed by atoms with van der Waals surface area (Å²) in [5.41, 5.74) is 6.37. The predicted molar refractivity (Wildman–Crippen MR) is 81.3 cm³/mol. The first-order valence-electron chi connectivity index (χ1n) is 7.02. The van der Waals surface area contributed by atoms with Gasteiger partial charge in [-0.3, -0.25) is 4.79 Å². The first kappa shape index (κ1) is 15.9. The van der Waals surface area contributed by atoms with Crippen molar-refractivity contribution in [2.75, 3.05) is 12.4 Å². The van der Waals surface area contributed by atoms with Crippen molar-refractivity contribution in [2.45, 2.75) is 36.6 Å². The van der Waals surface area contributed by atoms with Crippen LogP contribution in [0.5, 0.6) is 0 Å². The number of nitrogens with two attached hydrogens (primary N) is 1. The molecule has 0 aromatic heterocycles. The molecule has 6 nitrogen and oxygen atoms in total. The smallest absolute Gasteiger partial charge is 0.240 e. The number of anilines is 1. The van der Waals surface area contributed by atoms with Gasteiger partial charge in [-0.1, -0.05) is 12.5 Å². The number of hydrogen-bond acceptors (Lipinski definition) is 4. The topological polar surface area (TPSA) is 101 Å². The molecule has 2 atom stereocenters. The van der Waals surface area contributed by atoms with E-state index < -0.39 is 10.0 Å². The minimum atomic E-state index is -3.51. The molecule has 0 spiro atoms. The first-order chi connectivity index (χ1) is 9.92. The predicted octanol–water partition coefficient (Wildman–Crippen LogP) is 1.05. The van der Waals surface area contributed by atoms with Crippen LogP contribution < -0.4 is 15.8 Å². The summed E-state index contributed by atoms with van der Waals surface area (Å²) in [4.78, 5) is 12.3. The zero-order chi connectivity index (χ0) is 15.5. The van der Waals surface area contributed by atoms with Crippen molar-refractivity contribution in [1.82, 2.24) is 4.72 Å². The van der Waals surface area contributed by atoms with Crippen molar-refractivity contribution in [3.05, 3.63) is 24.3 Å². The van der Waals surface area contributed by atoms with Crippen LogP contribution in [0.4, 0.5) is 5.69 Å². The van der Waals surface area contributed by atoms with Crippen LogP contribution in [0, 0.1) is 5.92 Å². The SMILES string of the molecule is CNS(=O)(=O)c1cccc(NC(=O)C2CCCC(N)C2)c1. The third-order valence-corrected chi connectivity index (χ3v) is 5.18. The Labute approximate surface area is 125 Å². The van der Waals surface area contributed by atoms with E-state index in [4.69, 9.17) is 5.73 Å². The van der Waals surface area contributed by atoms with Crippen LogP contribution >= 0.6 is 0 Å². The quantitative estimate of drug-likeness (QED) is 0.773. The number of carbonyl (C=O) groups is 1. The van der Waals surface area contributed by atoms with Crippen LogP contribution in [0.2, 0.25) is 0 Å². The van der Waals surface area contributed by atoms with Crippen LogP contribution in [-0.2, 0) is 14.8 Å². The van der Waals surface area contributed by atoms with E-state index in [0.29, 0.717) is 12.1 Å². The van der Waals surface area contributed by atoms with Crippen LogP contribution in [0.1, 0.15) is 25.7 Å². The molecule has 4 N–H and O–H groups in total. The molecule has 7 heteroatoms. The third-order valence-electron chi connectivity index (χ3n) is 3.77. The largest absolute Gasteiger partial charge is 0.328 e. The molecule has 116 valence electrons. The van der Waals surface area contributed by atoms with Crippen molar-refractivity contribution in [3.63, 3.8) is 0 Å². The first-order valence-corrected chi connectivity index (χ1v) is 8.51. The van der Waals surface area contributed by atoms with Gasteiger partial charge >= 0.3 is 0 Å². The highest BCUT2D eigenvalue weighted by Crippen LogP contribution is 2.25. The number of rotatable bonds is 4. The number of nitrogens with one attached hydrogen (secondary N) is 2. The van der Waals surface area contributed by atoms with E-state index >= 15 is 0 Å². The van der Waals surface area contributed by atoms with E-state index in [2.05, 4.69) is 10.0 Å². The molecule has 1 aliphatic carbocycles. The molecule has 1 saturated carbocycles. The van der Waals surface area contributed by atoms with Gasteiger partial charge in [-0.2, -0.15) is 0 Å². The second-order valence-corrected chi connectivity index (χ2v) is 7.23. The lowest BCUT2D eigenvalue weighted by molar-refractivity contribution is -0.120. The second kappa shape index (κ2) is 6.55. The summed E-state index contributed by atoms with van der Waals surface area (Å²) in [6.45, 7) is 0. The maximum atomic E-state index is 12.2. The van der Waals surface area contributed by atoms with Gasteiger partial charge in [0, 0.05) is 17.6 Å². The van der Waals surface area contributed by atoms with Crippen LogP contribution in [-0.4, -0.2) is 27.4 Å². The summed E-state index contributed by atoms with van der Waals surface area (Å²) in [6.07, 6.45) is 3.42. The van der Waals surface area contributed by atoms with Gasteiger partial charge in [-0.15, -0.1) is 0 Å². The summed E-state index contributed by atoms with van der Waals surface area (Å²) in [5, 5.41) is 2.78. The van der Waals surface area contributed by atoms with Gasteiger partial charge < -0.3 is 11.1 Å². The monoisotopic (exact) mass is 311 g/mol. The number of hydrogen-bond donors (Lipinski definition) is 3. The van der Waals surface area contributed by atoms with Crippen molar-refractivity contribution in [1.29, 1.82) is 0 Å². The van der Waals surface area contributed by atoms with Crippen LogP contribution in [0.25, 0.3) is 0 Å². The normalized spacial score (nSPS) is 22.8. The molecule has 0 heterocycles. The molecular formula is C14H21N3O3S. The average molecular weight is 311 g/mol. The van der Waals surface area contributed by atoms with E-state index in [1.807, 2.05) is 0 Å². The number of carbonyl (C=O) groups excluding carboxylic acids is 1. The number of sulfonamides is 1. The lowest BCUT2D eigenvalue weighted by Gasteiger charge is -2.25. The van der Waals surface area contributed by atoms with Crippen molar-refractivity contribution >= 4 is 21.6 Å². The van der Waals surface area contributed by atoms with Gasteiger partial charge in [0.05, 0.1) is 4.90 Å². The minimum Gasteiger partial charge on any atom is -0.328 e. The standard InChI is InChI=1S/C14H21N3O3S/c1-16-21(19,20)13-7-3-6-12(9-13)17-14(18)10-4-2-5-11(15)8-10/h3,6-7,9-11,16H,2,4-5,8,15H2,1H3,(H,17,18). The Kier molecular flexibility index (Phi) is 4.97. The zero-order valence-corrected chi connectivity index (χ0v) is 12.8. The zero-order valence-electron chi connectivity index (χ0n) is 12.0. The van der Waals surface area contributed by atoms with E-state index in [9.17, 15) is 13.2 Å². The van der Waals surface area contributed by atoms with Gasteiger partial charge in [-0.05, 0) is 44.5 Å². The highest BCUT2D eigenvalue weighted by molar-refractivity contribution is 7.89. The Morgan fingerprint density at radius 2 is 2.10 bits per heavy atom. The van der Waals surface area contributed by atoms with Crippen molar-refractivity contribution in [3.8, 4) is 0 Å². The Bertz CT molecular complexity index is 616. The molecule has 0 aliphatic heterocycles. The number of benzene rings is 1. The summed E-state index contributed by atoms with van der Waals surface area (Å²) in [5.74, 6) is -0.192. The Morgan fingerprint density at radius 1 is 1.33 bits per heavy atom. The van der Waals surface area contributed by atoms with Crippen LogP contribution in [0.3, 0.4) is 0 Å². The maximum absolute atomic E-state index is 12.2. The van der Waals surface area contributed by atoms with E-state index in [1.54, 1.807) is 12.1 Å². The molecule has 0 bridgehead atoms. The Morgan fingerprint density at radius 3 is 2.76 bits per heavy atom. The third kappa shape index (κ3) is 4.03. The molecule has 1 fully saturated rings. The lowest BCUT2D eigenvalue weighted by Crippen LogP contribution is -2.34. The maximum Gasteiger partial charge on any atom is 0.240 e. The van der Waals surface area contributed by atoms with Gasteiger partial charge in [0.15, 0.2) is 0 Å². The molecule has 1 aliphatic rings. The highest BCUT2D eigenvalue weighted by Gasteiger charge is 2.25. The molecule has 0 saturated heterocycles. The molecule has 1 aromatic rings. The van der Waals surface area contributed by atoms with Crippen molar-refractivity contribution in [2.24, 2.45) is 11.7 Å². The van der Waals surface area contributed by atoms with E-state index in [-0.39, 0.29) is 22.8 Å². The molecule has 2 unspecified atom stereocenters. The number of amides is 1. The van der Waals surface area contributed by atoms with Crippen LogP contribution in [0.15, 0.2) is 29.2 Å². The molecule has 1 amide bonds. The fourth-order valence-corrected chi connectivity index (χ4v) is 3.34. The minimum absolute atomic E-state index is 0.0745. The van der Waals surface area contributed by atoms with Gasteiger partial charge in [0.1, 0.15) is 0 Å². The van der Waals surface area contributed by atoms with Gasteiger partial charge in [-0.25, -0.2) is 13.1 Å². The molecule has 1 aromatic carbocycles. The summed E-state index contributed by atoms with van der Waals surface area (Å²) < 4.78 is 25.7.